The lowest BCUT2D eigenvalue weighted by Gasteiger charge is -2.09. The van der Waals surface area contributed by atoms with Gasteiger partial charge in [-0.2, -0.15) is 0 Å². The van der Waals surface area contributed by atoms with Crippen molar-refractivity contribution in [2.24, 2.45) is 7.05 Å². The fourth-order valence-corrected chi connectivity index (χ4v) is 3.20. The number of hydrogen-bond donors (Lipinski definition) is 0. The van der Waals surface area contributed by atoms with Crippen LogP contribution in [0.3, 0.4) is 0 Å². The molecule has 0 saturated heterocycles. The summed E-state index contributed by atoms with van der Waals surface area (Å²) < 4.78 is 41.8. The lowest BCUT2D eigenvalue weighted by Crippen LogP contribution is -2.31. The largest absolute Gasteiger partial charge is 0.455 e. The molecule has 0 aliphatic carbocycles. The summed E-state index contributed by atoms with van der Waals surface area (Å²) in [6, 6.07) is 9.07. The first kappa shape index (κ1) is 12.3. The number of aryl methyl sites for hydroxylation is 1. The van der Waals surface area contributed by atoms with Crippen molar-refractivity contribution in [3.63, 3.8) is 0 Å². The van der Waals surface area contributed by atoms with E-state index in [9.17, 15) is 0 Å². The molecule has 3 nitrogen and oxygen atoms in total. The first-order chi connectivity index (χ1) is 14.1. The van der Waals surface area contributed by atoms with Gasteiger partial charge in [-0.3, -0.25) is 0 Å². The zero-order valence-electron chi connectivity index (χ0n) is 19.2. The van der Waals surface area contributed by atoms with Crippen molar-refractivity contribution in [2.75, 3.05) is 0 Å². The summed E-state index contributed by atoms with van der Waals surface area (Å²) in [5.74, 6) is -1.20. The maximum Gasteiger partial charge on any atom is 0.216 e. The van der Waals surface area contributed by atoms with Gasteiger partial charge in [0.2, 0.25) is 5.69 Å². The van der Waals surface area contributed by atoms with Crippen LogP contribution in [0.4, 0.5) is 5.69 Å². The summed E-state index contributed by atoms with van der Waals surface area (Å²) >= 11 is 0. The van der Waals surface area contributed by atoms with Crippen LogP contribution in [-0.4, -0.2) is 0 Å². The summed E-state index contributed by atoms with van der Waals surface area (Å²) in [4.78, 5) is 3.50. The van der Waals surface area contributed by atoms with Gasteiger partial charge in [-0.1, -0.05) is 32.0 Å². The molecular formula is C23H21N2O+. The third-order valence-corrected chi connectivity index (χ3v) is 4.62. The van der Waals surface area contributed by atoms with Crippen LogP contribution in [0.5, 0.6) is 0 Å². The molecule has 0 unspecified atom stereocenters. The van der Waals surface area contributed by atoms with E-state index in [1.54, 1.807) is 39.1 Å². The molecule has 3 heteroatoms. The molecule has 2 aromatic carbocycles. The molecule has 4 aromatic rings. The first-order valence-corrected chi connectivity index (χ1v) is 8.40. The van der Waals surface area contributed by atoms with E-state index in [1.165, 1.54) is 4.57 Å². The van der Waals surface area contributed by atoms with E-state index in [-0.39, 0.29) is 23.8 Å². The van der Waals surface area contributed by atoms with Crippen LogP contribution in [0.1, 0.15) is 36.4 Å². The molecule has 2 heterocycles. The van der Waals surface area contributed by atoms with E-state index in [0.29, 0.717) is 28.1 Å². The van der Waals surface area contributed by atoms with Crippen molar-refractivity contribution in [1.29, 1.82) is 0 Å². The Bertz CT molecular complexity index is 1390. The molecule has 0 bridgehead atoms. The predicted octanol–water partition coefficient (Wildman–Crippen LogP) is 6.06. The molecule has 26 heavy (non-hydrogen) atoms. The van der Waals surface area contributed by atoms with Crippen molar-refractivity contribution < 1.29 is 14.5 Å². The van der Waals surface area contributed by atoms with Gasteiger partial charge in [0.1, 0.15) is 19.6 Å². The third-order valence-electron chi connectivity index (χ3n) is 4.62. The predicted molar refractivity (Wildman–Crippen MR) is 105 cm³/mol. The Balaban J connectivity index is 2.19. The number of furan rings is 1. The smallest absolute Gasteiger partial charge is 0.216 e. The maximum atomic E-state index is 8.86. The number of pyridine rings is 1. The van der Waals surface area contributed by atoms with Gasteiger partial charge in [0.05, 0.1) is 14.9 Å². The number of rotatable bonds is 2. The van der Waals surface area contributed by atoms with Gasteiger partial charge in [0, 0.05) is 24.2 Å². The van der Waals surface area contributed by atoms with Gasteiger partial charge in [0.15, 0.2) is 11.9 Å². The first-order valence-electron chi connectivity index (χ1n) is 10.4. The van der Waals surface area contributed by atoms with Crippen LogP contribution in [0.25, 0.3) is 38.0 Å². The Morgan fingerprint density at radius 2 is 2.04 bits per heavy atom. The molecule has 0 aliphatic rings. The average Bonchev–Trinajstić information content (AvgIpc) is 3.04. The summed E-state index contributed by atoms with van der Waals surface area (Å²) in [6.07, 6.45) is -0.0564. The van der Waals surface area contributed by atoms with Crippen LogP contribution in [0.2, 0.25) is 0 Å². The number of benzene rings is 2. The Kier molecular flexibility index (Phi) is 2.83. The highest BCUT2D eigenvalue weighted by Gasteiger charge is 2.21. The summed E-state index contributed by atoms with van der Waals surface area (Å²) in [7, 11) is 1.66. The number of aromatic nitrogens is 1. The minimum absolute atomic E-state index is 0.0522. The number of hydrogen-bond acceptors (Lipinski definition) is 1. The molecule has 0 spiro atoms. The summed E-state index contributed by atoms with van der Waals surface area (Å²) in [6.45, 7) is 12.4. The zero-order valence-corrected chi connectivity index (χ0v) is 15.2. The SMILES string of the molecule is [2H]c1c(C([2H])(C)C)c([2H])c(-c2c(C)ccc3c2oc2ccc([N+]#[C-])cc23)[n+](C)c1[2H]. The van der Waals surface area contributed by atoms with Gasteiger partial charge in [-0.15, -0.1) is 0 Å². The quantitative estimate of drug-likeness (QED) is 0.319. The maximum absolute atomic E-state index is 8.86. The third kappa shape index (κ3) is 2.46. The summed E-state index contributed by atoms with van der Waals surface area (Å²) in [5, 5.41) is 1.64. The van der Waals surface area contributed by atoms with Gasteiger partial charge in [-0.25, -0.2) is 9.41 Å². The molecule has 0 amide bonds. The monoisotopic (exact) mass is 345 g/mol. The fourth-order valence-electron chi connectivity index (χ4n) is 3.20. The van der Waals surface area contributed by atoms with E-state index < -0.39 is 5.89 Å². The molecule has 0 atom stereocenters. The van der Waals surface area contributed by atoms with Crippen LogP contribution in [0, 0.1) is 13.5 Å². The second-order valence-electron chi connectivity index (χ2n) is 6.67. The molecule has 128 valence electrons. The van der Waals surface area contributed by atoms with Gasteiger partial charge < -0.3 is 4.42 Å². The Morgan fingerprint density at radius 1 is 1.23 bits per heavy atom. The van der Waals surface area contributed by atoms with Crippen LogP contribution in [0.15, 0.2) is 53.0 Å². The minimum atomic E-state index is -1.20. The second kappa shape index (κ2) is 6.00. The lowest BCUT2D eigenvalue weighted by molar-refractivity contribution is -0.660. The van der Waals surface area contributed by atoms with E-state index >= 15 is 0 Å². The van der Waals surface area contributed by atoms with E-state index in [4.69, 9.17) is 16.5 Å². The molecular weight excluding hydrogens is 320 g/mol. The van der Waals surface area contributed by atoms with E-state index in [1.807, 2.05) is 19.1 Å². The molecule has 0 N–H and O–H groups in total. The zero-order chi connectivity index (χ0) is 22.0. The minimum Gasteiger partial charge on any atom is -0.455 e. The van der Waals surface area contributed by atoms with Crippen LogP contribution >= 0.6 is 0 Å². The standard InChI is InChI=1S/C23H21N2O/c1-14(2)16-10-11-25(5)20(12-16)22-15(3)6-8-18-19-13-17(24-4)7-9-21(19)26-23(18)22/h6-14H,1-3,5H3/q+1/i10D,11D,12D,14D. The molecule has 2 aromatic heterocycles. The van der Waals surface area contributed by atoms with Crippen molar-refractivity contribution in [3.05, 3.63) is 71.1 Å². The van der Waals surface area contributed by atoms with Gasteiger partial charge >= 0.3 is 0 Å². The molecule has 0 fully saturated rings. The van der Waals surface area contributed by atoms with Gasteiger partial charge in [0.25, 0.3) is 0 Å². The highest BCUT2D eigenvalue weighted by atomic mass is 16.3. The number of nitrogens with zero attached hydrogens (tertiary/aromatic N) is 2. The molecule has 0 radical (unpaired) electrons. The highest BCUT2D eigenvalue weighted by molar-refractivity contribution is 6.10. The fraction of sp³-hybridized carbons (Fsp3) is 0.217. The Morgan fingerprint density at radius 3 is 2.77 bits per heavy atom. The molecule has 4 rings (SSSR count). The lowest BCUT2D eigenvalue weighted by atomic mass is 9.97. The van der Waals surface area contributed by atoms with E-state index in [2.05, 4.69) is 4.85 Å². The van der Waals surface area contributed by atoms with Crippen LogP contribution in [-0.2, 0) is 7.05 Å². The number of fused-ring (bicyclic) bond motifs is 3. The highest BCUT2D eigenvalue weighted by Crippen LogP contribution is 2.38. The van der Waals surface area contributed by atoms with Crippen molar-refractivity contribution in [1.82, 2.24) is 0 Å². The van der Waals surface area contributed by atoms with Crippen molar-refractivity contribution in [2.45, 2.75) is 26.7 Å². The van der Waals surface area contributed by atoms with Crippen molar-refractivity contribution >= 4 is 27.6 Å². The summed E-state index contributed by atoms with van der Waals surface area (Å²) in [5.41, 5.74) is 3.91. The Labute approximate surface area is 158 Å². The van der Waals surface area contributed by atoms with Gasteiger partial charge in [-0.05, 0) is 36.1 Å². The Hall–Kier alpha value is -3.12. The topological polar surface area (TPSA) is 21.4 Å². The van der Waals surface area contributed by atoms with E-state index in [0.717, 1.165) is 16.3 Å². The average molecular weight is 345 g/mol. The normalized spacial score (nSPS) is 14.0. The second-order valence-corrected chi connectivity index (χ2v) is 6.67. The molecule has 0 aliphatic heterocycles. The van der Waals surface area contributed by atoms with Crippen molar-refractivity contribution in [3.8, 4) is 11.3 Å². The van der Waals surface area contributed by atoms with Crippen LogP contribution < -0.4 is 4.57 Å². The molecule has 0 saturated carbocycles.